The van der Waals surface area contributed by atoms with Crippen LogP contribution in [0.2, 0.25) is 0 Å². The number of sulfonamides is 1. The number of rotatable bonds is 6. The lowest BCUT2D eigenvalue weighted by Crippen LogP contribution is -2.44. The second-order valence-electron chi connectivity index (χ2n) is 8.64. The zero-order chi connectivity index (χ0) is 24.5. The summed E-state index contributed by atoms with van der Waals surface area (Å²) < 4.78 is 35.5. The maximum absolute atomic E-state index is 13.7. The Hall–Kier alpha value is -2.65. The molecule has 3 rings (SSSR count). The quantitative estimate of drug-likeness (QED) is 0.645. The molecule has 0 radical (unpaired) electrons. The number of esters is 1. The first-order valence-corrected chi connectivity index (χ1v) is 12.6. The van der Waals surface area contributed by atoms with Crippen molar-refractivity contribution in [3.05, 3.63) is 46.3 Å². The largest absolute Gasteiger partial charge is 0.462 e. The second kappa shape index (κ2) is 9.69. The fraction of sp³-hybridized carbons (Fsp3) is 0.500. The van der Waals surface area contributed by atoms with Gasteiger partial charge in [-0.2, -0.15) is 4.31 Å². The van der Waals surface area contributed by atoms with Gasteiger partial charge in [-0.05, 0) is 70.7 Å². The highest BCUT2D eigenvalue weighted by Crippen LogP contribution is 2.32. The summed E-state index contributed by atoms with van der Waals surface area (Å²) in [4.78, 5) is 25.5. The molecule has 2 heterocycles. The maximum Gasteiger partial charge on any atom is 0.341 e. The van der Waals surface area contributed by atoms with Crippen LogP contribution in [-0.4, -0.2) is 48.9 Å². The molecule has 1 N–H and O–H groups in total. The Morgan fingerprint density at radius 3 is 2.45 bits per heavy atom. The molecule has 0 unspecified atom stereocenters. The fourth-order valence-corrected chi connectivity index (χ4v) is 6.25. The lowest BCUT2D eigenvalue weighted by Gasteiger charge is -2.31. The predicted octanol–water partition coefficient (Wildman–Crippen LogP) is 3.47. The van der Waals surface area contributed by atoms with E-state index in [2.05, 4.69) is 5.32 Å². The van der Waals surface area contributed by atoms with Crippen LogP contribution < -0.4 is 5.32 Å². The number of amides is 1. The topological polar surface area (TPSA) is 97.7 Å². The van der Waals surface area contributed by atoms with Crippen molar-refractivity contribution in [1.82, 2.24) is 8.87 Å². The number of carbonyl (C=O) groups excluding carboxylic acids is 2. The van der Waals surface area contributed by atoms with E-state index in [0.717, 1.165) is 11.1 Å². The molecular weight excluding hydrogens is 442 g/mol. The van der Waals surface area contributed by atoms with Crippen LogP contribution in [0.15, 0.2) is 23.1 Å². The highest BCUT2D eigenvalue weighted by Gasteiger charge is 2.39. The average molecular weight is 476 g/mol. The third-order valence-electron chi connectivity index (χ3n) is 6.53. The van der Waals surface area contributed by atoms with Crippen LogP contribution in [0.25, 0.3) is 0 Å². The molecule has 0 aliphatic carbocycles. The van der Waals surface area contributed by atoms with Gasteiger partial charge >= 0.3 is 5.97 Å². The first kappa shape index (κ1) is 25.0. The summed E-state index contributed by atoms with van der Waals surface area (Å²) in [5.74, 6) is -1.34. The number of nitrogens with one attached hydrogen (secondary N) is 1. The minimum atomic E-state index is -4.01. The molecule has 180 valence electrons. The molecule has 1 aliphatic heterocycles. The average Bonchev–Trinajstić information content (AvgIpc) is 3.01. The van der Waals surface area contributed by atoms with Gasteiger partial charge in [0.25, 0.3) is 0 Å². The molecule has 0 spiro atoms. The van der Waals surface area contributed by atoms with Crippen molar-refractivity contribution in [2.24, 2.45) is 13.0 Å². The molecule has 8 nitrogen and oxygen atoms in total. The Balaban J connectivity index is 1.88. The molecule has 33 heavy (non-hydrogen) atoms. The smallest absolute Gasteiger partial charge is 0.341 e. The first-order chi connectivity index (χ1) is 15.5. The monoisotopic (exact) mass is 475 g/mol. The van der Waals surface area contributed by atoms with Gasteiger partial charge in [-0.1, -0.05) is 6.07 Å². The van der Waals surface area contributed by atoms with Crippen molar-refractivity contribution in [3.63, 3.8) is 0 Å². The van der Waals surface area contributed by atoms with Crippen LogP contribution in [0.3, 0.4) is 0 Å². The summed E-state index contributed by atoms with van der Waals surface area (Å²) in [6.07, 6.45) is 1.16. The number of aryl methyl sites for hydroxylation is 2. The summed E-state index contributed by atoms with van der Waals surface area (Å²) in [5, 5.41) is 2.92. The van der Waals surface area contributed by atoms with Crippen LogP contribution in [-0.2, 0) is 26.6 Å². The maximum atomic E-state index is 13.7. The summed E-state index contributed by atoms with van der Waals surface area (Å²) in [7, 11) is -2.28. The molecule has 2 aromatic rings. The second-order valence-corrected chi connectivity index (χ2v) is 10.5. The van der Waals surface area contributed by atoms with Crippen molar-refractivity contribution in [3.8, 4) is 0 Å². The van der Waals surface area contributed by atoms with Gasteiger partial charge in [0, 0.05) is 37.2 Å². The van der Waals surface area contributed by atoms with E-state index >= 15 is 0 Å². The van der Waals surface area contributed by atoms with E-state index in [1.165, 1.54) is 4.31 Å². The van der Waals surface area contributed by atoms with Gasteiger partial charge in [-0.25, -0.2) is 13.2 Å². The number of anilines is 1. The normalized spacial score (nSPS) is 17.1. The van der Waals surface area contributed by atoms with Gasteiger partial charge in [0.15, 0.2) is 0 Å². The Morgan fingerprint density at radius 2 is 1.82 bits per heavy atom. The highest BCUT2D eigenvalue weighted by molar-refractivity contribution is 7.89. The first-order valence-electron chi connectivity index (χ1n) is 11.2. The van der Waals surface area contributed by atoms with Gasteiger partial charge in [-0.15, -0.1) is 0 Å². The Morgan fingerprint density at radius 1 is 1.12 bits per heavy atom. The number of hydrogen-bond acceptors (Lipinski definition) is 5. The van der Waals surface area contributed by atoms with E-state index in [0.29, 0.717) is 36.5 Å². The van der Waals surface area contributed by atoms with Crippen molar-refractivity contribution in [1.29, 1.82) is 0 Å². The lowest BCUT2D eigenvalue weighted by molar-refractivity contribution is -0.120. The van der Waals surface area contributed by atoms with Crippen molar-refractivity contribution in [2.45, 2.75) is 52.4 Å². The summed E-state index contributed by atoms with van der Waals surface area (Å²) >= 11 is 0. The van der Waals surface area contributed by atoms with Gasteiger partial charge in [-0.3, -0.25) is 4.79 Å². The molecule has 0 saturated carbocycles. The van der Waals surface area contributed by atoms with Crippen molar-refractivity contribution in [2.75, 3.05) is 25.0 Å². The molecule has 1 amide bonds. The van der Waals surface area contributed by atoms with E-state index in [1.807, 2.05) is 32.0 Å². The predicted molar refractivity (Wildman–Crippen MR) is 127 cm³/mol. The van der Waals surface area contributed by atoms with E-state index < -0.39 is 21.9 Å². The summed E-state index contributed by atoms with van der Waals surface area (Å²) in [6, 6.07) is 5.70. The number of ether oxygens (including phenoxy) is 1. The zero-order valence-electron chi connectivity index (χ0n) is 20.2. The third kappa shape index (κ3) is 4.84. The molecule has 1 aliphatic rings. The SMILES string of the molecule is CCOC(=O)c1c(S(=O)(=O)N2CCC[C@@H](C(=O)Nc3ccc(C)c(C)c3)C2)c(C)n(C)c1C. The van der Waals surface area contributed by atoms with Crippen molar-refractivity contribution < 1.29 is 22.7 Å². The number of hydrogen-bond donors (Lipinski definition) is 1. The summed E-state index contributed by atoms with van der Waals surface area (Å²) in [6.45, 7) is 9.55. The molecule has 1 aromatic heterocycles. The van der Waals surface area contributed by atoms with Crippen LogP contribution in [0.4, 0.5) is 5.69 Å². The molecule has 0 bridgehead atoms. The molecule has 1 atom stereocenters. The molecule has 1 saturated heterocycles. The van der Waals surface area contributed by atoms with Crippen molar-refractivity contribution >= 4 is 27.6 Å². The fourth-order valence-electron chi connectivity index (χ4n) is 4.24. The standard InChI is InChI=1S/C24H33N3O5S/c1-7-32-24(29)21-17(4)26(6)18(5)22(21)33(30,31)27-12-8-9-19(14-27)23(28)25-20-11-10-15(2)16(3)13-20/h10-11,13,19H,7-9,12,14H2,1-6H3,(H,25,28)/t19-/m1/s1. The lowest BCUT2D eigenvalue weighted by atomic mass is 9.98. The van der Waals surface area contributed by atoms with Crippen LogP contribution in [0, 0.1) is 33.6 Å². The minimum Gasteiger partial charge on any atom is -0.462 e. The Labute approximate surface area is 196 Å². The number of nitrogens with zero attached hydrogens (tertiary/aromatic N) is 2. The number of benzene rings is 1. The molecule has 1 fully saturated rings. The van der Waals surface area contributed by atoms with Gasteiger partial charge in [0.2, 0.25) is 15.9 Å². The number of carbonyl (C=O) groups is 2. The van der Waals surface area contributed by atoms with E-state index in [9.17, 15) is 18.0 Å². The van der Waals surface area contributed by atoms with E-state index in [1.54, 1.807) is 32.4 Å². The third-order valence-corrected chi connectivity index (χ3v) is 8.56. The van der Waals surface area contributed by atoms with Crippen LogP contribution >= 0.6 is 0 Å². The highest BCUT2D eigenvalue weighted by atomic mass is 32.2. The van der Waals surface area contributed by atoms with Crippen LogP contribution in [0.5, 0.6) is 0 Å². The van der Waals surface area contributed by atoms with E-state index in [4.69, 9.17) is 4.74 Å². The van der Waals surface area contributed by atoms with Gasteiger partial charge in [0.05, 0.1) is 12.5 Å². The minimum absolute atomic E-state index is 0.0313. The number of piperidine rings is 1. The number of aromatic nitrogens is 1. The van der Waals surface area contributed by atoms with Gasteiger partial charge in [0.1, 0.15) is 10.5 Å². The molecule has 9 heteroatoms. The summed E-state index contributed by atoms with van der Waals surface area (Å²) in [5.41, 5.74) is 3.97. The van der Waals surface area contributed by atoms with E-state index in [-0.39, 0.29) is 29.5 Å². The molecular formula is C24H33N3O5S. The Kier molecular flexibility index (Phi) is 7.33. The van der Waals surface area contributed by atoms with Gasteiger partial charge < -0.3 is 14.6 Å². The zero-order valence-corrected chi connectivity index (χ0v) is 21.0. The van der Waals surface area contributed by atoms with Crippen LogP contribution in [0.1, 0.15) is 52.6 Å². The molecule has 1 aromatic carbocycles. The Bertz CT molecular complexity index is 1180.